The molecule has 3 aromatic carbocycles. The highest BCUT2D eigenvalue weighted by atomic mass is 16.3. The van der Waals surface area contributed by atoms with Crippen LogP contribution in [0.4, 0.5) is 5.69 Å². The molecule has 0 spiro atoms. The van der Waals surface area contributed by atoms with Gasteiger partial charge in [0, 0.05) is 33.8 Å². The van der Waals surface area contributed by atoms with E-state index in [1.54, 1.807) is 18.2 Å². The van der Waals surface area contributed by atoms with Crippen LogP contribution in [0.15, 0.2) is 77.2 Å². The van der Waals surface area contributed by atoms with Crippen molar-refractivity contribution in [2.24, 2.45) is 0 Å². The Morgan fingerprint density at radius 1 is 0.839 bits per heavy atom. The van der Waals surface area contributed by atoms with E-state index >= 15 is 0 Å². The second kappa shape index (κ2) is 7.88. The van der Waals surface area contributed by atoms with Crippen LogP contribution < -0.4 is 5.32 Å². The molecule has 156 valence electrons. The van der Waals surface area contributed by atoms with E-state index < -0.39 is 0 Å². The number of hydrogen-bond donors (Lipinski definition) is 1. The molecule has 1 amide bonds. The topological polar surface area (TPSA) is 59.3 Å². The number of rotatable bonds is 4. The average Bonchev–Trinajstić information content (AvgIpc) is 3.09. The maximum absolute atomic E-state index is 12.8. The number of benzene rings is 3. The lowest BCUT2D eigenvalue weighted by Gasteiger charge is -2.19. The molecule has 0 saturated carbocycles. The average molecular weight is 412 g/mol. The van der Waals surface area contributed by atoms with Gasteiger partial charge in [0.15, 0.2) is 5.76 Å². The van der Waals surface area contributed by atoms with Gasteiger partial charge in [0.25, 0.3) is 5.91 Å². The molecule has 4 heteroatoms. The van der Waals surface area contributed by atoms with Gasteiger partial charge in [-0.05, 0) is 42.2 Å². The van der Waals surface area contributed by atoms with E-state index in [0.717, 1.165) is 10.9 Å². The van der Waals surface area contributed by atoms with Gasteiger partial charge in [-0.2, -0.15) is 0 Å². The van der Waals surface area contributed by atoms with E-state index in [-0.39, 0.29) is 17.1 Å². The molecule has 0 atom stereocenters. The van der Waals surface area contributed by atoms with Crippen molar-refractivity contribution < 1.29 is 14.0 Å². The highest BCUT2D eigenvalue weighted by molar-refractivity contribution is 6.11. The van der Waals surface area contributed by atoms with E-state index in [1.165, 1.54) is 5.56 Å². The summed E-state index contributed by atoms with van der Waals surface area (Å²) >= 11 is 0. The number of furan rings is 1. The van der Waals surface area contributed by atoms with Gasteiger partial charge in [-0.3, -0.25) is 9.59 Å². The molecule has 0 aliphatic carbocycles. The summed E-state index contributed by atoms with van der Waals surface area (Å²) in [5, 5.41) is 3.77. The van der Waals surface area contributed by atoms with Gasteiger partial charge in [-0.25, -0.2) is 0 Å². The summed E-state index contributed by atoms with van der Waals surface area (Å²) in [6.07, 6.45) is 0. The third kappa shape index (κ3) is 4.15. The van der Waals surface area contributed by atoms with Crippen LogP contribution in [0.1, 0.15) is 58.4 Å². The molecule has 4 rings (SSSR count). The fraction of sp³-hybridized carbons (Fsp3) is 0.185. The van der Waals surface area contributed by atoms with Crippen LogP contribution in [-0.4, -0.2) is 11.7 Å². The lowest BCUT2D eigenvalue weighted by atomic mass is 9.87. The molecule has 4 aromatic rings. The fourth-order valence-electron chi connectivity index (χ4n) is 3.57. The largest absolute Gasteiger partial charge is 0.452 e. The first-order valence-corrected chi connectivity index (χ1v) is 10.3. The zero-order valence-corrected chi connectivity index (χ0v) is 18.2. The molecule has 0 aliphatic heterocycles. The van der Waals surface area contributed by atoms with E-state index in [1.807, 2.05) is 61.5 Å². The van der Waals surface area contributed by atoms with Crippen molar-refractivity contribution in [1.29, 1.82) is 0 Å². The number of nitrogens with one attached hydrogen (secondary N) is 1. The predicted molar refractivity (Wildman–Crippen MR) is 124 cm³/mol. The summed E-state index contributed by atoms with van der Waals surface area (Å²) in [5.41, 5.74) is 4.35. The van der Waals surface area contributed by atoms with Crippen LogP contribution >= 0.6 is 0 Å². The number of ketones is 1. The SMILES string of the molecule is Cc1c(C(=O)c2ccccc2)oc2cc(NC(=O)c3ccc(C(C)(C)C)cc3)ccc12. The molecular weight excluding hydrogens is 386 g/mol. The zero-order valence-electron chi connectivity index (χ0n) is 18.2. The lowest BCUT2D eigenvalue weighted by Crippen LogP contribution is -2.14. The van der Waals surface area contributed by atoms with Crippen LogP contribution in [0.25, 0.3) is 11.0 Å². The first-order valence-electron chi connectivity index (χ1n) is 10.3. The monoisotopic (exact) mass is 411 g/mol. The van der Waals surface area contributed by atoms with Crippen LogP contribution in [0, 0.1) is 6.92 Å². The summed E-state index contributed by atoms with van der Waals surface area (Å²) in [7, 11) is 0. The van der Waals surface area contributed by atoms with Gasteiger partial charge in [-0.15, -0.1) is 0 Å². The predicted octanol–water partition coefficient (Wildman–Crippen LogP) is 6.52. The van der Waals surface area contributed by atoms with Crippen molar-refractivity contribution in [3.63, 3.8) is 0 Å². The number of carbonyl (C=O) groups excluding carboxylic acids is 2. The minimum Gasteiger partial charge on any atom is -0.452 e. The van der Waals surface area contributed by atoms with Crippen molar-refractivity contribution in [3.8, 4) is 0 Å². The van der Waals surface area contributed by atoms with E-state index in [2.05, 4.69) is 26.1 Å². The van der Waals surface area contributed by atoms with Crippen molar-refractivity contribution in [2.75, 3.05) is 5.32 Å². The summed E-state index contributed by atoms with van der Waals surface area (Å²) in [5.74, 6) is -0.0232. The summed E-state index contributed by atoms with van der Waals surface area (Å²) < 4.78 is 5.90. The molecule has 4 nitrogen and oxygen atoms in total. The number of aryl methyl sites for hydroxylation is 1. The Morgan fingerprint density at radius 3 is 2.16 bits per heavy atom. The number of fused-ring (bicyclic) bond motifs is 1. The van der Waals surface area contributed by atoms with Crippen LogP contribution in [0.2, 0.25) is 0 Å². The van der Waals surface area contributed by atoms with Gasteiger partial charge in [0.1, 0.15) is 5.58 Å². The number of hydrogen-bond acceptors (Lipinski definition) is 3. The Balaban J connectivity index is 1.58. The molecule has 0 bridgehead atoms. The van der Waals surface area contributed by atoms with Crippen molar-refractivity contribution in [3.05, 3.63) is 101 Å². The maximum atomic E-state index is 12.8. The third-order valence-corrected chi connectivity index (χ3v) is 5.45. The normalized spacial score (nSPS) is 11.5. The van der Waals surface area contributed by atoms with Crippen LogP contribution in [0.3, 0.4) is 0 Å². The molecule has 0 unspecified atom stereocenters. The fourth-order valence-corrected chi connectivity index (χ4v) is 3.57. The maximum Gasteiger partial charge on any atom is 0.255 e. The van der Waals surface area contributed by atoms with Crippen LogP contribution in [-0.2, 0) is 5.41 Å². The summed E-state index contributed by atoms with van der Waals surface area (Å²) in [6, 6.07) is 22.1. The highest BCUT2D eigenvalue weighted by Crippen LogP contribution is 2.29. The third-order valence-electron chi connectivity index (χ3n) is 5.45. The van der Waals surface area contributed by atoms with Gasteiger partial charge in [-0.1, -0.05) is 63.2 Å². The van der Waals surface area contributed by atoms with E-state index in [9.17, 15) is 9.59 Å². The quantitative estimate of drug-likeness (QED) is 0.389. The summed E-state index contributed by atoms with van der Waals surface area (Å²) in [6.45, 7) is 8.29. The smallest absolute Gasteiger partial charge is 0.255 e. The lowest BCUT2D eigenvalue weighted by molar-refractivity contribution is 0.101. The standard InChI is InChI=1S/C27H25NO3/c1-17-22-15-14-21(28-26(30)19-10-12-20(13-11-19)27(2,3)4)16-23(22)31-25(17)24(29)18-8-6-5-7-9-18/h5-16H,1-4H3,(H,28,30). The molecule has 0 radical (unpaired) electrons. The second-order valence-electron chi connectivity index (χ2n) is 8.74. The molecular formula is C27H25NO3. The molecule has 31 heavy (non-hydrogen) atoms. The Hall–Kier alpha value is -3.66. The molecule has 1 N–H and O–H groups in total. The first kappa shape index (κ1) is 20.6. The Bertz CT molecular complexity index is 1260. The Morgan fingerprint density at radius 2 is 1.52 bits per heavy atom. The van der Waals surface area contributed by atoms with E-state index in [4.69, 9.17) is 4.42 Å². The Labute approximate surface area is 181 Å². The Kier molecular flexibility index (Phi) is 5.24. The van der Waals surface area contributed by atoms with Crippen LogP contribution in [0.5, 0.6) is 0 Å². The molecule has 1 aromatic heterocycles. The first-order chi connectivity index (χ1) is 14.7. The molecule has 0 fully saturated rings. The van der Waals surface area contributed by atoms with Crippen molar-refractivity contribution >= 4 is 28.3 Å². The van der Waals surface area contributed by atoms with Gasteiger partial charge in [0.2, 0.25) is 5.78 Å². The number of amides is 1. The van der Waals surface area contributed by atoms with Gasteiger partial charge in [0.05, 0.1) is 0 Å². The van der Waals surface area contributed by atoms with Crippen molar-refractivity contribution in [1.82, 2.24) is 0 Å². The number of anilines is 1. The van der Waals surface area contributed by atoms with Gasteiger partial charge >= 0.3 is 0 Å². The minimum atomic E-state index is -0.191. The van der Waals surface area contributed by atoms with Crippen molar-refractivity contribution in [2.45, 2.75) is 33.1 Å². The second-order valence-corrected chi connectivity index (χ2v) is 8.74. The van der Waals surface area contributed by atoms with E-state index in [0.29, 0.717) is 28.2 Å². The molecule has 0 saturated heterocycles. The zero-order chi connectivity index (χ0) is 22.2. The molecule has 1 heterocycles. The molecule has 0 aliphatic rings. The van der Waals surface area contributed by atoms with Gasteiger partial charge < -0.3 is 9.73 Å². The number of carbonyl (C=O) groups is 2. The minimum absolute atomic E-state index is 0.0338. The highest BCUT2D eigenvalue weighted by Gasteiger charge is 2.20. The summed E-state index contributed by atoms with van der Waals surface area (Å²) in [4.78, 5) is 25.5.